The highest BCUT2D eigenvalue weighted by molar-refractivity contribution is 7.18. The van der Waals surface area contributed by atoms with E-state index < -0.39 is 12.4 Å². The van der Waals surface area contributed by atoms with Gasteiger partial charge in [-0.25, -0.2) is 9.18 Å². The Labute approximate surface area is 112 Å². The van der Waals surface area contributed by atoms with E-state index in [4.69, 9.17) is 0 Å². The van der Waals surface area contributed by atoms with Crippen LogP contribution >= 0.6 is 11.3 Å². The highest BCUT2D eigenvalue weighted by atomic mass is 32.1. The van der Waals surface area contributed by atoms with Crippen molar-refractivity contribution in [3.05, 3.63) is 31.3 Å². The Bertz CT molecular complexity index is 743. The van der Waals surface area contributed by atoms with Crippen LogP contribution in [0, 0.1) is 5.92 Å². The van der Waals surface area contributed by atoms with E-state index >= 15 is 0 Å². The van der Waals surface area contributed by atoms with E-state index in [1.165, 1.54) is 16.2 Å². The summed E-state index contributed by atoms with van der Waals surface area (Å²) in [5.74, 6) is 0.611. The predicted molar refractivity (Wildman–Crippen MR) is 73.9 cm³/mol. The van der Waals surface area contributed by atoms with Crippen molar-refractivity contribution in [1.29, 1.82) is 0 Å². The van der Waals surface area contributed by atoms with Crippen molar-refractivity contribution >= 4 is 21.6 Å². The van der Waals surface area contributed by atoms with E-state index in [-0.39, 0.29) is 12.1 Å². The molecule has 0 aliphatic heterocycles. The molecule has 0 saturated carbocycles. The van der Waals surface area contributed by atoms with E-state index in [1.807, 2.05) is 0 Å². The Hall–Kier alpha value is -1.43. The number of nitrogens with one attached hydrogen (secondary N) is 1. The summed E-state index contributed by atoms with van der Waals surface area (Å²) in [6.07, 6.45) is 2.88. The van der Waals surface area contributed by atoms with Crippen LogP contribution in [0.25, 0.3) is 10.2 Å². The van der Waals surface area contributed by atoms with Crippen LogP contribution in [0.4, 0.5) is 4.39 Å². The van der Waals surface area contributed by atoms with Gasteiger partial charge in [0.2, 0.25) is 0 Å². The Morgan fingerprint density at radius 1 is 1.47 bits per heavy atom. The van der Waals surface area contributed by atoms with Crippen molar-refractivity contribution in [1.82, 2.24) is 9.55 Å². The molecule has 1 aliphatic rings. The number of thiophene rings is 1. The zero-order valence-electron chi connectivity index (χ0n) is 10.7. The van der Waals surface area contributed by atoms with Gasteiger partial charge in [0.05, 0.1) is 11.9 Å². The van der Waals surface area contributed by atoms with Gasteiger partial charge in [-0.1, -0.05) is 6.92 Å². The molecule has 2 aromatic heterocycles. The summed E-state index contributed by atoms with van der Waals surface area (Å²) < 4.78 is 13.4. The fourth-order valence-electron chi connectivity index (χ4n) is 2.74. The SMILES string of the molecule is CC1CCc2c(sc3[nH]c(=O)n(CCF)c(=O)c23)C1. The molecule has 0 radical (unpaired) electrons. The Morgan fingerprint density at radius 2 is 2.26 bits per heavy atom. The number of hydrogen-bond donors (Lipinski definition) is 1. The van der Waals surface area contributed by atoms with E-state index in [0.717, 1.165) is 29.4 Å². The maximum absolute atomic E-state index is 12.4. The molecule has 6 heteroatoms. The van der Waals surface area contributed by atoms with Crippen LogP contribution in [-0.4, -0.2) is 16.2 Å². The zero-order chi connectivity index (χ0) is 13.6. The maximum atomic E-state index is 12.4. The third-order valence-corrected chi connectivity index (χ3v) is 4.91. The third kappa shape index (κ3) is 1.94. The van der Waals surface area contributed by atoms with Gasteiger partial charge in [-0.05, 0) is 30.7 Å². The van der Waals surface area contributed by atoms with E-state index in [0.29, 0.717) is 16.1 Å². The lowest BCUT2D eigenvalue weighted by Gasteiger charge is -2.17. The summed E-state index contributed by atoms with van der Waals surface area (Å²) in [7, 11) is 0. The van der Waals surface area contributed by atoms with Crippen LogP contribution < -0.4 is 11.2 Å². The molecule has 1 unspecified atom stereocenters. The molecule has 0 aromatic carbocycles. The Kier molecular flexibility index (Phi) is 3.05. The smallest absolute Gasteiger partial charge is 0.298 e. The van der Waals surface area contributed by atoms with Crippen molar-refractivity contribution < 1.29 is 4.39 Å². The minimum absolute atomic E-state index is 0.175. The molecule has 2 aromatic rings. The van der Waals surface area contributed by atoms with Gasteiger partial charge in [-0.2, -0.15) is 0 Å². The second kappa shape index (κ2) is 4.59. The first-order valence-electron chi connectivity index (χ1n) is 6.45. The summed E-state index contributed by atoms with van der Waals surface area (Å²) in [5, 5.41) is 0.597. The predicted octanol–water partition coefficient (Wildman–Crippen LogP) is 1.85. The minimum Gasteiger partial charge on any atom is -0.298 e. The average Bonchev–Trinajstić information content (AvgIpc) is 2.71. The highest BCUT2D eigenvalue weighted by Gasteiger charge is 2.23. The number of nitrogens with zero attached hydrogens (tertiary/aromatic N) is 1. The molecule has 3 rings (SSSR count). The molecule has 2 heterocycles. The Balaban J connectivity index is 2.30. The van der Waals surface area contributed by atoms with Crippen molar-refractivity contribution in [2.24, 2.45) is 5.92 Å². The largest absolute Gasteiger partial charge is 0.329 e. The van der Waals surface area contributed by atoms with Crippen LogP contribution in [0.5, 0.6) is 0 Å². The van der Waals surface area contributed by atoms with Gasteiger partial charge in [0, 0.05) is 4.88 Å². The van der Waals surface area contributed by atoms with E-state index in [2.05, 4.69) is 11.9 Å². The number of halogens is 1. The van der Waals surface area contributed by atoms with Crippen molar-refractivity contribution in [3.63, 3.8) is 0 Å². The summed E-state index contributed by atoms with van der Waals surface area (Å²) in [6.45, 7) is 1.31. The van der Waals surface area contributed by atoms with Crippen LogP contribution in [0.2, 0.25) is 0 Å². The van der Waals surface area contributed by atoms with Gasteiger partial charge in [0.1, 0.15) is 11.5 Å². The average molecular weight is 282 g/mol. The molecule has 0 amide bonds. The molecule has 1 atom stereocenters. The number of fused-ring (bicyclic) bond motifs is 3. The van der Waals surface area contributed by atoms with Crippen molar-refractivity contribution in [2.45, 2.75) is 32.7 Å². The topological polar surface area (TPSA) is 54.9 Å². The molecule has 4 nitrogen and oxygen atoms in total. The minimum atomic E-state index is -0.710. The van der Waals surface area contributed by atoms with Crippen LogP contribution in [-0.2, 0) is 19.4 Å². The number of hydrogen-bond acceptors (Lipinski definition) is 3. The van der Waals surface area contributed by atoms with Gasteiger partial charge >= 0.3 is 5.69 Å². The molecule has 0 saturated heterocycles. The van der Waals surface area contributed by atoms with E-state index in [1.54, 1.807) is 0 Å². The molecule has 0 fully saturated rings. The summed E-state index contributed by atoms with van der Waals surface area (Å²) in [6, 6.07) is 0. The molecule has 0 spiro atoms. The molecule has 0 bridgehead atoms. The summed E-state index contributed by atoms with van der Waals surface area (Å²) >= 11 is 1.50. The van der Waals surface area contributed by atoms with Crippen LogP contribution in [0.3, 0.4) is 0 Å². The number of aryl methyl sites for hydroxylation is 1. The number of aromatic nitrogens is 2. The van der Waals surface area contributed by atoms with Gasteiger partial charge in [0.15, 0.2) is 0 Å². The van der Waals surface area contributed by atoms with E-state index in [9.17, 15) is 14.0 Å². The van der Waals surface area contributed by atoms with Gasteiger partial charge in [0.25, 0.3) is 5.56 Å². The van der Waals surface area contributed by atoms with Crippen LogP contribution in [0.15, 0.2) is 9.59 Å². The standard InChI is InChI=1S/C13H15FN2O2S/c1-7-2-3-8-9(6-7)19-11-10(8)12(17)16(5-4-14)13(18)15-11/h7H,2-6H2,1H3,(H,15,18). The molecular formula is C13H15FN2O2S. The maximum Gasteiger partial charge on any atom is 0.329 e. The van der Waals surface area contributed by atoms with Crippen molar-refractivity contribution in [3.8, 4) is 0 Å². The molecular weight excluding hydrogens is 267 g/mol. The normalized spacial score (nSPS) is 18.7. The first-order valence-corrected chi connectivity index (χ1v) is 7.26. The quantitative estimate of drug-likeness (QED) is 0.914. The fraction of sp³-hybridized carbons (Fsp3) is 0.538. The highest BCUT2D eigenvalue weighted by Crippen LogP contribution is 2.35. The fourth-order valence-corrected chi connectivity index (χ4v) is 4.14. The first-order chi connectivity index (χ1) is 9.11. The first kappa shape index (κ1) is 12.6. The second-order valence-corrected chi connectivity index (χ2v) is 6.24. The zero-order valence-corrected chi connectivity index (χ0v) is 11.5. The lowest BCUT2D eigenvalue weighted by atomic mass is 9.89. The molecule has 19 heavy (non-hydrogen) atoms. The molecule has 1 N–H and O–H groups in total. The molecule has 102 valence electrons. The monoisotopic (exact) mass is 282 g/mol. The van der Waals surface area contributed by atoms with Gasteiger partial charge in [-0.3, -0.25) is 14.3 Å². The van der Waals surface area contributed by atoms with Gasteiger partial charge in [-0.15, -0.1) is 11.3 Å². The third-order valence-electron chi connectivity index (χ3n) is 3.74. The van der Waals surface area contributed by atoms with Gasteiger partial charge < -0.3 is 0 Å². The molecule has 1 aliphatic carbocycles. The number of aromatic amines is 1. The number of alkyl halides is 1. The second-order valence-electron chi connectivity index (χ2n) is 5.13. The lowest BCUT2D eigenvalue weighted by Crippen LogP contribution is -2.35. The Morgan fingerprint density at radius 3 is 3.00 bits per heavy atom. The summed E-state index contributed by atoms with van der Waals surface area (Å²) in [4.78, 5) is 28.7. The summed E-state index contributed by atoms with van der Waals surface area (Å²) in [5.41, 5.74) is 0.206. The lowest BCUT2D eigenvalue weighted by molar-refractivity contribution is 0.433. The number of rotatable bonds is 2. The van der Waals surface area contributed by atoms with Crippen molar-refractivity contribution in [2.75, 3.05) is 6.67 Å². The number of H-pyrrole nitrogens is 1. The van der Waals surface area contributed by atoms with Crippen LogP contribution in [0.1, 0.15) is 23.8 Å².